The van der Waals surface area contributed by atoms with Gasteiger partial charge in [0.25, 0.3) is 5.91 Å². The fourth-order valence-corrected chi connectivity index (χ4v) is 2.29. The Bertz CT molecular complexity index is 549. The molecule has 1 fully saturated rings. The number of furan rings is 1. The highest BCUT2D eigenvalue weighted by Crippen LogP contribution is 2.14. The molecule has 1 aliphatic heterocycles. The van der Waals surface area contributed by atoms with Crippen LogP contribution in [0.5, 0.6) is 0 Å². The fraction of sp³-hybridized carbons (Fsp3) is 0.462. The van der Waals surface area contributed by atoms with E-state index in [1.54, 1.807) is 15.9 Å². The van der Waals surface area contributed by atoms with Gasteiger partial charge < -0.3 is 19.0 Å². The summed E-state index contributed by atoms with van der Waals surface area (Å²) in [6, 6.07) is 3.03. The Balaban J connectivity index is 1.78. The third kappa shape index (κ3) is 4.07. The molecular weight excluding hydrogens is 344 g/mol. The van der Waals surface area contributed by atoms with Gasteiger partial charge in [-0.05, 0) is 28.1 Å². The van der Waals surface area contributed by atoms with Gasteiger partial charge in [0.2, 0.25) is 11.7 Å². The quantitative estimate of drug-likeness (QED) is 0.749. The van der Waals surface area contributed by atoms with Gasteiger partial charge in [0, 0.05) is 33.1 Å². The van der Waals surface area contributed by atoms with Gasteiger partial charge in [-0.25, -0.2) is 4.79 Å². The van der Waals surface area contributed by atoms with Crippen molar-refractivity contribution in [3.05, 3.63) is 22.6 Å². The molecule has 8 heteroatoms. The van der Waals surface area contributed by atoms with Gasteiger partial charge in [0.15, 0.2) is 11.3 Å². The van der Waals surface area contributed by atoms with Crippen molar-refractivity contribution in [1.82, 2.24) is 9.80 Å². The number of carbonyl (C=O) groups is 3. The molecule has 0 aromatic carbocycles. The first-order valence-corrected chi connectivity index (χ1v) is 7.22. The standard InChI is InChI=1S/C13H15BrN2O5/c1-9(17)15-4-6-16(7-5-15)12(18)8-20-13(19)10-2-3-11(14)21-10/h2-3H,4-8H2,1H3. The normalized spacial score (nSPS) is 15.0. The molecule has 2 rings (SSSR count). The lowest BCUT2D eigenvalue weighted by Gasteiger charge is -2.34. The van der Waals surface area contributed by atoms with Crippen LogP contribution in [0.25, 0.3) is 0 Å². The lowest BCUT2D eigenvalue weighted by molar-refractivity contribution is -0.140. The lowest BCUT2D eigenvalue weighted by Crippen LogP contribution is -2.51. The molecule has 2 heterocycles. The highest BCUT2D eigenvalue weighted by molar-refractivity contribution is 9.10. The summed E-state index contributed by atoms with van der Waals surface area (Å²) in [5, 5.41) is 0. The van der Waals surface area contributed by atoms with E-state index in [1.807, 2.05) is 0 Å². The number of hydrogen-bond donors (Lipinski definition) is 0. The molecule has 0 aliphatic carbocycles. The number of nitrogens with zero attached hydrogens (tertiary/aromatic N) is 2. The van der Waals surface area contributed by atoms with Crippen molar-refractivity contribution in [2.75, 3.05) is 32.8 Å². The number of esters is 1. The zero-order valence-electron chi connectivity index (χ0n) is 11.5. The largest absolute Gasteiger partial charge is 0.450 e. The molecule has 0 N–H and O–H groups in total. The summed E-state index contributed by atoms with van der Waals surface area (Å²) >= 11 is 3.08. The van der Waals surface area contributed by atoms with Gasteiger partial charge >= 0.3 is 5.97 Å². The average Bonchev–Trinajstić information content (AvgIpc) is 2.91. The summed E-state index contributed by atoms with van der Waals surface area (Å²) in [6.07, 6.45) is 0. The van der Waals surface area contributed by atoms with Crippen LogP contribution < -0.4 is 0 Å². The van der Waals surface area contributed by atoms with E-state index in [4.69, 9.17) is 9.15 Å². The Kier molecular flexibility index (Phi) is 5.00. The molecule has 2 amide bonds. The number of piperazine rings is 1. The summed E-state index contributed by atoms with van der Waals surface area (Å²) in [7, 11) is 0. The minimum absolute atomic E-state index is 0.00285. The second-order valence-electron chi connectivity index (χ2n) is 4.57. The van der Waals surface area contributed by atoms with Gasteiger partial charge in [0.1, 0.15) is 0 Å². The fourth-order valence-electron chi connectivity index (χ4n) is 1.98. The molecule has 1 aromatic heterocycles. The first-order valence-electron chi connectivity index (χ1n) is 6.43. The Morgan fingerprint density at radius 1 is 1.19 bits per heavy atom. The van der Waals surface area contributed by atoms with Crippen LogP contribution in [-0.2, 0) is 14.3 Å². The van der Waals surface area contributed by atoms with Crippen LogP contribution in [-0.4, -0.2) is 60.4 Å². The number of halogens is 1. The molecule has 0 saturated carbocycles. The van der Waals surface area contributed by atoms with Crippen LogP contribution in [0.4, 0.5) is 0 Å². The van der Waals surface area contributed by atoms with Crippen molar-refractivity contribution in [3.63, 3.8) is 0 Å². The van der Waals surface area contributed by atoms with Gasteiger partial charge in [-0.1, -0.05) is 0 Å². The van der Waals surface area contributed by atoms with E-state index < -0.39 is 5.97 Å². The van der Waals surface area contributed by atoms with Crippen LogP contribution in [0.2, 0.25) is 0 Å². The maximum absolute atomic E-state index is 11.9. The Labute approximate surface area is 129 Å². The predicted molar refractivity (Wildman–Crippen MR) is 75.5 cm³/mol. The van der Waals surface area contributed by atoms with E-state index in [9.17, 15) is 14.4 Å². The number of hydrogen-bond acceptors (Lipinski definition) is 5. The SMILES string of the molecule is CC(=O)N1CCN(C(=O)COC(=O)c2ccc(Br)o2)CC1. The second-order valence-corrected chi connectivity index (χ2v) is 5.35. The van der Waals surface area contributed by atoms with Gasteiger partial charge in [-0.2, -0.15) is 0 Å². The highest BCUT2D eigenvalue weighted by atomic mass is 79.9. The molecule has 0 atom stereocenters. The van der Waals surface area contributed by atoms with E-state index in [1.165, 1.54) is 13.0 Å². The van der Waals surface area contributed by atoms with E-state index in [0.29, 0.717) is 30.8 Å². The maximum Gasteiger partial charge on any atom is 0.374 e. The third-order valence-corrected chi connectivity index (χ3v) is 3.61. The molecule has 1 aliphatic rings. The Morgan fingerprint density at radius 3 is 2.33 bits per heavy atom. The van der Waals surface area contributed by atoms with Crippen LogP contribution in [0, 0.1) is 0 Å². The van der Waals surface area contributed by atoms with E-state index in [-0.39, 0.29) is 24.2 Å². The first kappa shape index (κ1) is 15.6. The molecule has 114 valence electrons. The summed E-state index contributed by atoms with van der Waals surface area (Å²) in [4.78, 5) is 38.0. The minimum Gasteiger partial charge on any atom is -0.450 e. The van der Waals surface area contributed by atoms with Crippen molar-refractivity contribution in [2.24, 2.45) is 0 Å². The highest BCUT2D eigenvalue weighted by Gasteiger charge is 2.23. The van der Waals surface area contributed by atoms with E-state index >= 15 is 0 Å². The Morgan fingerprint density at radius 2 is 1.81 bits per heavy atom. The zero-order chi connectivity index (χ0) is 15.4. The van der Waals surface area contributed by atoms with Crippen LogP contribution in [0.3, 0.4) is 0 Å². The van der Waals surface area contributed by atoms with Crippen LogP contribution in [0.1, 0.15) is 17.5 Å². The molecule has 0 radical (unpaired) electrons. The van der Waals surface area contributed by atoms with E-state index in [2.05, 4.69) is 15.9 Å². The van der Waals surface area contributed by atoms with Gasteiger partial charge in [0.05, 0.1) is 0 Å². The number of rotatable bonds is 3. The first-order chi connectivity index (χ1) is 9.97. The predicted octanol–water partition coefficient (Wildman–Crippen LogP) is 0.890. The molecule has 0 unspecified atom stereocenters. The summed E-state index contributed by atoms with van der Waals surface area (Å²) in [5.74, 6) is -0.929. The van der Waals surface area contributed by atoms with Crippen molar-refractivity contribution in [1.29, 1.82) is 0 Å². The number of amides is 2. The van der Waals surface area contributed by atoms with Crippen molar-refractivity contribution in [3.8, 4) is 0 Å². The monoisotopic (exact) mass is 358 g/mol. The third-order valence-electron chi connectivity index (χ3n) is 3.18. The smallest absolute Gasteiger partial charge is 0.374 e. The summed E-state index contributed by atoms with van der Waals surface area (Å²) in [5.41, 5.74) is 0. The molecule has 0 spiro atoms. The summed E-state index contributed by atoms with van der Waals surface area (Å²) in [6.45, 7) is 3.06. The van der Waals surface area contributed by atoms with Crippen LogP contribution in [0.15, 0.2) is 21.2 Å². The molecule has 21 heavy (non-hydrogen) atoms. The number of carbonyl (C=O) groups excluding carboxylic acids is 3. The van der Waals surface area contributed by atoms with Crippen molar-refractivity contribution in [2.45, 2.75) is 6.92 Å². The molecular formula is C13H15BrN2O5. The lowest BCUT2D eigenvalue weighted by atomic mass is 10.3. The minimum atomic E-state index is -0.684. The topological polar surface area (TPSA) is 80.1 Å². The van der Waals surface area contributed by atoms with Gasteiger partial charge in [-0.3, -0.25) is 9.59 Å². The second kappa shape index (κ2) is 6.75. The average molecular weight is 359 g/mol. The molecule has 1 aromatic rings. The van der Waals surface area contributed by atoms with E-state index in [0.717, 1.165) is 0 Å². The zero-order valence-corrected chi connectivity index (χ0v) is 13.1. The molecule has 7 nitrogen and oxygen atoms in total. The number of ether oxygens (including phenoxy) is 1. The van der Waals surface area contributed by atoms with Crippen molar-refractivity contribution >= 4 is 33.7 Å². The van der Waals surface area contributed by atoms with Crippen molar-refractivity contribution < 1.29 is 23.5 Å². The summed E-state index contributed by atoms with van der Waals surface area (Å²) < 4.78 is 10.4. The van der Waals surface area contributed by atoms with Crippen LogP contribution >= 0.6 is 15.9 Å². The molecule has 1 saturated heterocycles. The maximum atomic E-state index is 11.9. The molecule has 0 bridgehead atoms. The van der Waals surface area contributed by atoms with Gasteiger partial charge in [-0.15, -0.1) is 0 Å². The Hall–Kier alpha value is -1.83.